The monoisotopic (exact) mass is 507 g/mol. The molecule has 4 heterocycles. The predicted octanol–water partition coefficient (Wildman–Crippen LogP) is 2.96. The number of rotatable bonds is 7. The van der Waals surface area contributed by atoms with Crippen LogP contribution in [0.4, 0.5) is 5.82 Å². The zero-order chi connectivity index (χ0) is 25.9. The molecule has 0 aliphatic carbocycles. The van der Waals surface area contributed by atoms with E-state index >= 15 is 0 Å². The Labute approximate surface area is 220 Å². The maximum atomic E-state index is 13.4. The highest BCUT2D eigenvalue weighted by Gasteiger charge is 2.23. The lowest BCUT2D eigenvalue weighted by atomic mass is 10.1. The highest BCUT2D eigenvalue weighted by atomic mass is 16.2. The molecule has 0 N–H and O–H groups in total. The van der Waals surface area contributed by atoms with E-state index in [2.05, 4.69) is 32.2 Å². The number of pyridine rings is 1. The van der Waals surface area contributed by atoms with E-state index < -0.39 is 0 Å². The lowest BCUT2D eigenvalue weighted by Gasteiger charge is -2.35. The van der Waals surface area contributed by atoms with E-state index in [4.69, 9.17) is 0 Å². The first-order valence-corrected chi connectivity index (χ1v) is 13.0. The average molecular weight is 508 g/mol. The number of amides is 1. The summed E-state index contributed by atoms with van der Waals surface area (Å²) >= 11 is 0. The number of hydrogen-bond acceptors (Lipinski definition) is 6. The number of aromatic nitrogens is 5. The number of carbonyl (C=O) groups excluding carboxylic acids is 1. The number of carbonyl (C=O) groups is 1. The summed E-state index contributed by atoms with van der Waals surface area (Å²) in [6.45, 7) is 3.34. The van der Waals surface area contributed by atoms with Crippen LogP contribution in [0, 0.1) is 0 Å². The second-order valence-electron chi connectivity index (χ2n) is 9.52. The van der Waals surface area contributed by atoms with Gasteiger partial charge in [-0.15, -0.1) is 10.2 Å². The van der Waals surface area contributed by atoms with Gasteiger partial charge in [0.1, 0.15) is 11.6 Å². The lowest BCUT2D eigenvalue weighted by molar-refractivity contribution is -0.131. The fraction of sp³-hybridized carbons (Fsp3) is 0.276. The summed E-state index contributed by atoms with van der Waals surface area (Å²) < 4.78 is 3.64. The fourth-order valence-electron chi connectivity index (χ4n) is 5.17. The summed E-state index contributed by atoms with van der Waals surface area (Å²) in [4.78, 5) is 35.0. The molecule has 5 aromatic rings. The number of para-hydroxylation sites is 1. The van der Waals surface area contributed by atoms with Crippen molar-refractivity contribution in [2.75, 3.05) is 31.1 Å². The van der Waals surface area contributed by atoms with Crippen LogP contribution in [0.5, 0.6) is 0 Å². The van der Waals surface area contributed by atoms with E-state index in [1.165, 1.54) is 0 Å². The molecule has 6 rings (SSSR count). The van der Waals surface area contributed by atoms with Crippen molar-refractivity contribution in [2.24, 2.45) is 0 Å². The van der Waals surface area contributed by atoms with Gasteiger partial charge in [0.2, 0.25) is 11.7 Å². The topological polar surface area (TPSA) is 88.6 Å². The third-order valence-electron chi connectivity index (χ3n) is 7.21. The number of hydrogen-bond donors (Lipinski definition) is 0. The minimum atomic E-state index is -0.0789. The minimum Gasteiger partial charge on any atom is -0.353 e. The first-order valence-electron chi connectivity index (χ1n) is 13.0. The van der Waals surface area contributed by atoms with E-state index in [1.54, 1.807) is 10.8 Å². The molecule has 0 spiro atoms. The summed E-state index contributed by atoms with van der Waals surface area (Å²) in [7, 11) is 0. The zero-order valence-corrected chi connectivity index (χ0v) is 21.1. The predicted molar refractivity (Wildman–Crippen MR) is 146 cm³/mol. The average Bonchev–Trinajstić information content (AvgIpc) is 3.41. The van der Waals surface area contributed by atoms with Crippen LogP contribution in [0.15, 0.2) is 83.8 Å². The molecule has 9 heteroatoms. The fourth-order valence-corrected chi connectivity index (χ4v) is 5.17. The molecule has 0 atom stereocenters. The summed E-state index contributed by atoms with van der Waals surface area (Å²) in [5, 5.41) is 9.47. The Morgan fingerprint density at radius 3 is 2.37 bits per heavy atom. The van der Waals surface area contributed by atoms with Gasteiger partial charge in [-0.2, -0.15) is 0 Å². The minimum absolute atomic E-state index is 0.0789. The van der Waals surface area contributed by atoms with Crippen molar-refractivity contribution in [3.8, 4) is 0 Å². The van der Waals surface area contributed by atoms with Gasteiger partial charge in [0.15, 0.2) is 0 Å². The zero-order valence-electron chi connectivity index (χ0n) is 21.1. The van der Waals surface area contributed by atoms with Crippen LogP contribution < -0.4 is 10.5 Å². The Hall–Kier alpha value is -4.53. The van der Waals surface area contributed by atoms with Gasteiger partial charge in [-0.3, -0.25) is 18.6 Å². The van der Waals surface area contributed by atoms with Crippen LogP contribution in [0.1, 0.15) is 17.8 Å². The van der Waals surface area contributed by atoms with Gasteiger partial charge in [-0.25, -0.2) is 4.98 Å². The Bertz CT molecular complexity index is 1620. The van der Waals surface area contributed by atoms with Gasteiger partial charge in [-0.05, 0) is 36.2 Å². The van der Waals surface area contributed by atoms with E-state index in [0.717, 1.165) is 30.0 Å². The highest BCUT2D eigenvalue weighted by Crippen LogP contribution is 2.17. The largest absolute Gasteiger partial charge is 0.353 e. The molecule has 38 heavy (non-hydrogen) atoms. The number of aryl methyl sites for hydroxylation is 3. The van der Waals surface area contributed by atoms with E-state index in [0.29, 0.717) is 55.9 Å². The Morgan fingerprint density at radius 1 is 0.816 bits per heavy atom. The molecule has 1 amide bonds. The first kappa shape index (κ1) is 23.8. The van der Waals surface area contributed by atoms with Crippen molar-refractivity contribution in [1.82, 2.24) is 29.0 Å². The summed E-state index contributed by atoms with van der Waals surface area (Å²) in [5.74, 6) is 2.24. The molecule has 0 saturated carbocycles. The molecule has 1 saturated heterocycles. The molecule has 9 nitrogen and oxygen atoms in total. The van der Waals surface area contributed by atoms with Gasteiger partial charge < -0.3 is 9.80 Å². The van der Waals surface area contributed by atoms with E-state index in [1.807, 2.05) is 70.0 Å². The normalized spacial score (nSPS) is 13.9. The number of anilines is 1. The second-order valence-corrected chi connectivity index (χ2v) is 9.52. The molecule has 192 valence electrons. The quantitative estimate of drug-likeness (QED) is 0.337. The third kappa shape index (κ3) is 4.63. The van der Waals surface area contributed by atoms with Crippen LogP contribution in [0.25, 0.3) is 16.7 Å². The molecule has 1 fully saturated rings. The molecule has 3 aromatic heterocycles. The highest BCUT2D eigenvalue weighted by molar-refractivity contribution is 5.80. The summed E-state index contributed by atoms with van der Waals surface area (Å²) in [6.07, 6.45) is 3.28. The van der Waals surface area contributed by atoms with Crippen molar-refractivity contribution in [3.63, 3.8) is 0 Å². The van der Waals surface area contributed by atoms with Gasteiger partial charge in [0.05, 0.1) is 10.9 Å². The molecule has 2 aromatic carbocycles. The summed E-state index contributed by atoms with van der Waals surface area (Å²) in [5.41, 5.74) is 1.84. The Kier molecular flexibility index (Phi) is 6.56. The number of piperazine rings is 1. The Balaban J connectivity index is 1.21. The number of benzene rings is 2. The van der Waals surface area contributed by atoms with E-state index in [9.17, 15) is 9.59 Å². The molecule has 0 bridgehead atoms. The molecular weight excluding hydrogens is 478 g/mol. The van der Waals surface area contributed by atoms with Crippen LogP contribution in [-0.2, 0) is 24.2 Å². The van der Waals surface area contributed by atoms with Crippen molar-refractivity contribution in [1.29, 1.82) is 0 Å². The maximum Gasteiger partial charge on any atom is 0.262 e. The molecular formula is C29H29N7O2. The third-order valence-corrected chi connectivity index (χ3v) is 7.21. The molecule has 0 radical (unpaired) electrons. The van der Waals surface area contributed by atoms with Gasteiger partial charge in [0.25, 0.3) is 5.56 Å². The SMILES string of the molecule is O=C(CCc1nnc2n(CCc3ccccc3)c(=O)c3ccccc3n12)N1CCN(c2ccccn2)CC1. The maximum absolute atomic E-state index is 13.4. The lowest BCUT2D eigenvalue weighted by Crippen LogP contribution is -2.49. The van der Waals surface area contributed by atoms with E-state index in [-0.39, 0.29) is 11.5 Å². The standard InChI is InChI=1S/C29H29N7O2/c37-27(34-20-18-33(19-21-34)25-12-6-7-16-30-25)14-13-26-31-32-29-35(17-15-22-8-2-1-3-9-22)28(38)23-10-4-5-11-24(23)36(26)29/h1-12,16H,13-15,17-21H2. The Morgan fingerprint density at radius 2 is 1.58 bits per heavy atom. The number of nitrogens with zero attached hydrogens (tertiary/aromatic N) is 7. The van der Waals surface area contributed by atoms with Crippen molar-refractivity contribution < 1.29 is 4.79 Å². The number of fused-ring (bicyclic) bond motifs is 3. The smallest absolute Gasteiger partial charge is 0.262 e. The molecule has 1 aliphatic rings. The van der Waals surface area contributed by atoms with Crippen LogP contribution in [0.2, 0.25) is 0 Å². The van der Waals surface area contributed by atoms with Gasteiger partial charge in [0, 0.05) is 51.8 Å². The van der Waals surface area contributed by atoms with Gasteiger partial charge >= 0.3 is 0 Å². The van der Waals surface area contributed by atoms with Crippen LogP contribution >= 0.6 is 0 Å². The van der Waals surface area contributed by atoms with Crippen LogP contribution in [0.3, 0.4) is 0 Å². The van der Waals surface area contributed by atoms with Crippen molar-refractivity contribution >= 4 is 28.4 Å². The van der Waals surface area contributed by atoms with Crippen molar-refractivity contribution in [2.45, 2.75) is 25.8 Å². The first-order chi connectivity index (χ1) is 18.7. The van der Waals surface area contributed by atoms with Gasteiger partial charge in [-0.1, -0.05) is 48.5 Å². The molecule has 1 aliphatic heterocycles. The summed E-state index contributed by atoms with van der Waals surface area (Å²) in [6, 6.07) is 23.5. The van der Waals surface area contributed by atoms with Crippen molar-refractivity contribution in [3.05, 3.63) is 101 Å². The van der Waals surface area contributed by atoms with Crippen LogP contribution in [-0.4, -0.2) is 61.1 Å². The second kappa shape index (κ2) is 10.5. The molecule has 0 unspecified atom stereocenters.